The van der Waals surface area contributed by atoms with Gasteiger partial charge < -0.3 is 10.1 Å². The lowest BCUT2D eigenvalue weighted by Gasteiger charge is -2.16. The van der Waals surface area contributed by atoms with Crippen molar-refractivity contribution in [3.63, 3.8) is 0 Å². The highest BCUT2D eigenvalue weighted by atomic mass is 79.9. The second-order valence-corrected chi connectivity index (χ2v) is 7.21. The summed E-state index contributed by atoms with van der Waals surface area (Å²) in [4.78, 5) is 12.2. The van der Waals surface area contributed by atoms with E-state index in [1.54, 1.807) is 7.11 Å². The number of carbonyl (C=O) groups excluding carboxylic acids is 1. The number of alkyl halides is 1. The monoisotopic (exact) mass is 363 g/mol. The number of ether oxygens (including phenoxy) is 1. The molecule has 0 aliphatic carbocycles. The van der Waals surface area contributed by atoms with Crippen LogP contribution in [0.4, 0.5) is 0 Å². The lowest BCUT2D eigenvalue weighted by atomic mass is 10.2. The fraction of sp³-hybridized carbons (Fsp3) is 0.462. The first-order valence-electron chi connectivity index (χ1n) is 6.04. The number of nitrogens with one attached hydrogen (secondary N) is 1. The van der Waals surface area contributed by atoms with E-state index in [2.05, 4.69) is 21.2 Å². The van der Waals surface area contributed by atoms with Crippen molar-refractivity contribution in [1.29, 1.82) is 0 Å². The van der Waals surface area contributed by atoms with E-state index in [9.17, 15) is 13.2 Å². The third-order valence-electron chi connectivity index (χ3n) is 2.71. The first-order chi connectivity index (χ1) is 9.38. The predicted octanol–water partition coefficient (Wildman–Crippen LogP) is 1.62. The Hall–Kier alpha value is -0.920. The predicted molar refractivity (Wildman–Crippen MR) is 81.1 cm³/mol. The average Bonchev–Trinajstić information content (AvgIpc) is 2.38. The van der Waals surface area contributed by atoms with Crippen molar-refractivity contribution in [1.82, 2.24) is 5.32 Å². The molecule has 1 amide bonds. The van der Waals surface area contributed by atoms with E-state index in [0.29, 0.717) is 12.2 Å². The fourth-order valence-corrected chi connectivity index (χ4v) is 2.84. The molecule has 1 unspecified atom stereocenters. The molecule has 0 saturated heterocycles. The summed E-state index contributed by atoms with van der Waals surface area (Å²) in [6.45, 7) is 0.429. The smallest absolute Gasteiger partial charge is 0.251 e. The third-order valence-corrected chi connectivity index (χ3v) is 4.29. The van der Waals surface area contributed by atoms with Crippen LogP contribution in [-0.2, 0) is 14.6 Å². The topological polar surface area (TPSA) is 72.5 Å². The molecule has 20 heavy (non-hydrogen) atoms. The molecular formula is C13H18BrNO4S. The number of carbonyl (C=O) groups is 1. The van der Waals surface area contributed by atoms with Crippen LogP contribution >= 0.6 is 15.9 Å². The maximum atomic E-state index is 12.0. The number of methoxy groups -OCH3 is 1. The van der Waals surface area contributed by atoms with Crippen molar-refractivity contribution in [2.75, 3.05) is 25.3 Å². The van der Waals surface area contributed by atoms with Crippen molar-refractivity contribution in [2.45, 2.75) is 17.4 Å². The first-order valence-corrected chi connectivity index (χ1v) is 9.05. The largest absolute Gasteiger partial charge is 0.383 e. The molecule has 1 atom stereocenters. The minimum atomic E-state index is -3.24. The number of sulfone groups is 1. The Bertz CT molecular complexity index is 536. The van der Waals surface area contributed by atoms with E-state index in [-0.39, 0.29) is 16.8 Å². The Kier molecular flexibility index (Phi) is 6.64. The third kappa shape index (κ3) is 5.22. The van der Waals surface area contributed by atoms with Crippen LogP contribution in [0.15, 0.2) is 29.2 Å². The number of hydrogen-bond acceptors (Lipinski definition) is 4. The van der Waals surface area contributed by atoms with Gasteiger partial charge in [0.1, 0.15) is 0 Å². The van der Waals surface area contributed by atoms with Crippen molar-refractivity contribution >= 4 is 31.7 Å². The SMILES string of the molecule is COCC(CCBr)NC(=O)c1ccc(S(C)(=O)=O)cc1. The van der Waals surface area contributed by atoms with Crippen LogP contribution < -0.4 is 5.32 Å². The highest BCUT2D eigenvalue weighted by molar-refractivity contribution is 9.09. The van der Waals surface area contributed by atoms with Gasteiger partial charge in [0, 0.05) is 24.3 Å². The van der Waals surface area contributed by atoms with Gasteiger partial charge in [0.15, 0.2) is 9.84 Å². The van der Waals surface area contributed by atoms with Crippen LogP contribution in [0, 0.1) is 0 Å². The minimum absolute atomic E-state index is 0.0820. The molecule has 0 bridgehead atoms. The molecule has 0 heterocycles. The Morgan fingerprint density at radius 2 is 1.95 bits per heavy atom. The zero-order valence-electron chi connectivity index (χ0n) is 11.4. The van der Waals surface area contributed by atoms with Gasteiger partial charge in [-0.3, -0.25) is 4.79 Å². The van der Waals surface area contributed by atoms with Crippen LogP contribution in [0.1, 0.15) is 16.8 Å². The molecule has 5 nitrogen and oxygen atoms in total. The van der Waals surface area contributed by atoms with Crippen LogP contribution in [0.3, 0.4) is 0 Å². The van der Waals surface area contributed by atoms with Gasteiger partial charge in [-0.15, -0.1) is 0 Å². The van der Waals surface area contributed by atoms with Gasteiger partial charge in [0.25, 0.3) is 5.91 Å². The van der Waals surface area contributed by atoms with E-state index in [0.717, 1.165) is 18.0 Å². The normalized spacial score (nSPS) is 12.9. The van der Waals surface area contributed by atoms with Crippen molar-refractivity contribution in [2.24, 2.45) is 0 Å². The maximum absolute atomic E-state index is 12.0. The van der Waals surface area contributed by atoms with Gasteiger partial charge in [-0.05, 0) is 30.7 Å². The number of amides is 1. The highest BCUT2D eigenvalue weighted by Crippen LogP contribution is 2.10. The second kappa shape index (κ2) is 7.75. The molecule has 1 aromatic carbocycles. The lowest BCUT2D eigenvalue weighted by molar-refractivity contribution is 0.0895. The fourth-order valence-electron chi connectivity index (χ4n) is 1.65. The van der Waals surface area contributed by atoms with E-state index < -0.39 is 9.84 Å². The molecule has 0 aliphatic rings. The van der Waals surface area contributed by atoms with Crippen molar-refractivity contribution in [3.8, 4) is 0 Å². The van der Waals surface area contributed by atoms with Crippen molar-refractivity contribution in [3.05, 3.63) is 29.8 Å². The summed E-state index contributed by atoms with van der Waals surface area (Å²) >= 11 is 3.32. The molecule has 112 valence electrons. The standard InChI is InChI=1S/C13H18BrNO4S/c1-19-9-11(7-8-14)15-13(16)10-3-5-12(6-4-10)20(2,17)18/h3-6,11H,7-9H2,1-2H3,(H,15,16). The van der Waals surface area contributed by atoms with E-state index in [4.69, 9.17) is 4.74 Å². The molecule has 1 rings (SSSR count). The molecule has 0 aliphatic heterocycles. The first kappa shape index (κ1) is 17.1. The van der Waals surface area contributed by atoms with Gasteiger partial charge >= 0.3 is 0 Å². The Labute approximate surface area is 127 Å². The number of rotatable bonds is 7. The number of benzene rings is 1. The minimum Gasteiger partial charge on any atom is -0.383 e. The number of halogens is 1. The molecule has 1 aromatic rings. The molecule has 0 saturated carbocycles. The number of hydrogen-bond donors (Lipinski definition) is 1. The molecular weight excluding hydrogens is 346 g/mol. The summed E-state index contributed by atoms with van der Waals surface area (Å²) in [6.07, 6.45) is 1.88. The van der Waals surface area contributed by atoms with Crippen LogP contribution in [0.25, 0.3) is 0 Å². The van der Waals surface area contributed by atoms with Gasteiger partial charge in [-0.1, -0.05) is 15.9 Å². The molecule has 0 aromatic heterocycles. The quantitative estimate of drug-likeness (QED) is 0.747. The summed E-state index contributed by atoms with van der Waals surface area (Å²) in [5, 5.41) is 3.61. The lowest BCUT2D eigenvalue weighted by Crippen LogP contribution is -2.38. The summed E-state index contributed by atoms with van der Waals surface area (Å²) in [7, 11) is -1.67. The van der Waals surface area contributed by atoms with Gasteiger partial charge in [0.05, 0.1) is 17.5 Å². The Balaban J connectivity index is 2.77. The zero-order chi connectivity index (χ0) is 15.2. The summed E-state index contributed by atoms with van der Waals surface area (Å²) in [6, 6.07) is 5.79. The Morgan fingerprint density at radius 1 is 1.35 bits per heavy atom. The molecule has 0 fully saturated rings. The highest BCUT2D eigenvalue weighted by Gasteiger charge is 2.14. The van der Waals surface area contributed by atoms with Crippen LogP contribution in [0.5, 0.6) is 0 Å². The molecule has 0 spiro atoms. The van der Waals surface area contributed by atoms with Crippen molar-refractivity contribution < 1.29 is 17.9 Å². The van der Waals surface area contributed by atoms with E-state index in [1.165, 1.54) is 24.3 Å². The molecule has 7 heteroatoms. The summed E-state index contributed by atoms with van der Waals surface area (Å²) in [5.74, 6) is -0.243. The Morgan fingerprint density at radius 3 is 2.40 bits per heavy atom. The zero-order valence-corrected chi connectivity index (χ0v) is 13.8. The maximum Gasteiger partial charge on any atom is 0.251 e. The van der Waals surface area contributed by atoms with Crippen LogP contribution in [-0.4, -0.2) is 45.7 Å². The molecule has 1 N–H and O–H groups in total. The van der Waals surface area contributed by atoms with Gasteiger partial charge in [-0.2, -0.15) is 0 Å². The van der Waals surface area contributed by atoms with E-state index in [1.807, 2.05) is 0 Å². The molecule has 0 radical (unpaired) electrons. The summed E-state index contributed by atoms with van der Waals surface area (Å²) in [5.41, 5.74) is 0.424. The van der Waals surface area contributed by atoms with Gasteiger partial charge in [-0.25, -0.2) is 8.42 Å². The average molecular weight is 364 g/mol. The summed E-state index contributed by atoms with van der Waals surface area (Å²) < 4.78 is 27.7. The van der Waals surface area contributed by atoms with E-state index >= 15 is 0 Å². The van der Waals surface area contributed by atoms with Gasteiger partial charge in [0.2, 0.25) is 0 Å². The second-order valence-electron chi connectivity index (χ2n) is 4.40. The van der Waals surface area contributed by atoms with Crippen LogP contribution in [0.2, 0.25) is 0 Å².